The number of carbonyl (C=O) groups excluding carboxylic acids is 2. The van der Waals surface area contributed by atoms with Crippen LogP contribution >= 0.6 is 0 Å². The minimum Gasteiger partial charge on any atom is -0.495 e. The number of benzene rings is 3. The number of rotatable bonds is 9. The quantitative estimate of drug-likeness (QED) is 0.208. The summed E-state index contributed by atoms with van der Waals surface area (Å²) in [6, 6.07) is 21.1. The van der Waals surface area contributed by atoms with Crippen molar-refractivity contribution in [2.75, 3.05) is 20.7 Å². The van der Waals surface area contributed by atoms with Gasteiger partial charge in [0.15, 0.2) is 5.78 Å². The van der Waals surface area contributed by atoms with Crippen molar-refractivity contribution in [1.82, 2.24) is 19.8 Å². The summed E-state index contributed by atoms with van der Waals surface area (Å²) in [6.07, 6.45) is 7.31. The average molecular weight is 549 g/mol. The van der Waals surface area contributed by atoms with Crippen LogP contribution in [-0.2, 0) is 11.3 Å². The van der Waals surface area contributed by atoms with Gasteiger partial charge in [0.25, 0.3) is 0 Å². The Labute approximate surface area is 241 Å². The molecular weight excluding hydrogens is 512 g/mol. The van der Waals surface area contributed by atoms with Crippen molar-refractivity contribution in [1.29, 1.82) is 0 Å². The molecule has 2 heterocycles. The number of hydrogen-bond donors (Lipinski definition) is 1. The zero-order valence-electron chi connectivity index (χ0n) is 24.1. The second-order valence-corrected chi connectivity index (χ2v) is 10.5. The monoisotopic (exact) mass is 548 g/mol. The molecule has 7 nitrogen and oxygen atoms in total. The van der Waals surface area contributed by atoms with Gasteiger partial charge in [-0.1, -0.05) is 54.6 Å². The van der Waals surface area contributed by atoms with Gasteiger partial charge in [0.05, 0.1) is 30.9 Å². The molecule has 0 spiro atoms. The Morgan fingerprint density at radius 2 is 1.78 bits per heavy atom. The summed E-state index contributed by atoms with van der Waals surface area (Å²) in [6.45, 7) is 5.45. The van der Waals surface area contributed by atoms with Crippen LogP contribution in [0, 0.1) is 6.92 Å². The average Bonchev–Trinajstić information content (AvgIpc) is 3.44. The molecule has 0 radical (unpaired) electrons. The molecule has 1 N–H and O–H groups in total. The van der Waals surface area contributed by atoms with E-state index in [2.05, 4.69) is 10.3 Å². The van der Waals surface area contributed by atoms with Gasteiger partial charge in [-0.05, 0) is 68.6 Å². The van der Waals surface area contributed by atoms with E-state index in [9.17, 15) is 9.59 Å². The molecule has 5 rings (SSSR count). The lowest BCUT2D eigenvalue weighted by atomic mass is 9.96. The second-order valence-electron chi connectivity index (χ2n) is 10.5. The molecule has 1 amide bonds. The van der Waals surface area contributed by atoms with Crippen molar-refractivity contribution >= 4 is 17.8 Å². The maximum Gasteiger partial charge on any atom is 0.250 e. The third kappa shape index (κ3) is 6.15. The Bertz CT molecular complexity index is 1570. The molecule has 1 atom stereocenters. The fourth-order valence-electron chi connectivity index (χ4n) is 5.33. The zero-order chi connectivity index (χ0) is 28.9. The topological polar surface area (TPSA) is 76.5 Å². The number of piperidine rings is 1. The van der Waals surface area contributed by atoms with Crippen LogP contribution < -0.4 is 10.1 Å². The molecule has 1 aromatic heterocycles. The summed E-state index contributed by atoms with van der Waals surface area (Å²) < 4.78 is 7.58. The van der Waals surface area contributed by atoms with Crippen molar-refractivity contribution < 1.29 is 14.3 Å². The molecule has 41 heavy (non-hydrogen) atoms. The van der Waals surface area contributed by atoms with E-state index < -0.39 is 0 Å². The van der Waals surface area contributed by atoms with Crippen molar-refractivity contribution in [2.45, 2.75) is 39.3 Å². The highest BCUT2D eigenvalue weighted by molar-refractivity contribution is 6.09. The molecule has 0 saturated carbocycles. The van der Waals surface area contributed by atoms with E-state index in [4.69, 9.17) is 4.74 Å². The predicted molar refractivity (Wildman–Crippen MR) is 161 cm³/mol. The van der Waals surface area contributed by atoms with Gasteiger partial charge in [-0.2, -0.15) is 0 Å². The number of ketones is 1. The first-order valence-corrected chi connectivity index (χ1v) is 14.0. The Kier molecular flexibility index (Phi) is 8.45. The number of likely N-dealkylation sites (tertiary alicyclic amines) is 1. The van der Waals surface area contributed by atoms with Crippen molar-refractivity contribution in [3.63, 3.8) is 0 Å². The molecule has 1 aliphatic rings. The number of nitrogens with one attached hydrogen (secondary N) is 1. The standard InChI is InChI=1S/C34H36N4O3/c1-23-21-37(22-36-23)31-16-9-26(19-32(31)41-4)18-30-6-5-17-38(34(30)40)24(2)27-12-14-29(15-13-27)33(39)28-10-7-25(8-11-28)20-35-3/h7-16,18-19,21-22,24,35H,5-6,17,20H2,1-4H3/b30-18+/t24-/m0/s1. The lowest BCUT2D eigenvalue weighted by molar-refractivity contribution is -0.130. The van der Waals surface area contributed by atoms with Gasteiger partial charge in [0.1, 0.15) is 5.75 Å². The lowest BCUT2D eigenvalue weighted by Gasteiger charge is -2.34. The molecule has 0 aliphatic carbocycles. The Balaban J connectivity index is 1.30. The van der Waals surface area contributed by atoms with Gasteiger partial charge in [0, 0.05) is 36.0 Å². The van der Waals surface area contributed by atoms with Crippen LogP contribution in [0.25, 0.3) is 11.8 Å². The van der Waals surface area contributed by atoms with Crippen molar-refractivity contribution in [3.05, 3.63) is 118 Å². The van der Waals surface area contributed by atoms with E-state index in [1.807, 2.05) is 109 Å². The first-order chi connectivity index (χ1) is 19.9. The van der Waals surface area contributed by atoms with E-state index in [1.165, 1.54) is 0 Å². The van der Waals surface area contributed by atoms with E-state index in [0.717, 1.165) is 53.0 Å². The maximum atomic E-state index is 13.6. The third-order valence-corrected chi connectivity index (χ3v) is 7.64. The molecule has 1 fully saturated rings. The molecule has 0 bridgehead atoms. The molecule has 4 aromatic rings. The zero-order valence-corrected chi connectivity index (χ0v) is 24.1. The fraction of sp³-hybridized carbons (Fsp3) is 0.265. The van der Waals surface area contributed by atoms with Crippen LogP contribution in [0.3, 0.4) is 0 Å². The second kappa shape index (κ2) is 12.4. The largest absolute Gasteiger partial charge is 0.495 e. The van der Waals surface area contributed by atoms with Gasteiger partial charge in [0.2, 0.25) is 5.91 Å². The SMILES string of the molecule is CNCc1ccc(C(=O)c2ccc([C@H](C)N3CCC/C(=C\c4ccc(-n5cnc(C)c5)c(OC)c4)C3=O)cc2)cc1. The number of imidazole rings is 1. The van der Waals surface area contributed by atoms with Crippen LogP contribution in [-0.4, -0.2) is 46.8 Å². The molecule has 7 heteroatoms. The minimum absolute atomic E-state index is 0.0101. The number of aryl methyl sites for hydroxylation is 1. The molecular formula is C34H36N4O3. The van der Waals surface area contributed by atoms with Crippen LogP contribution in [0.4, 0.5) is 0 Å². The van der Waals surface area contributed by atoms with E-state index >= 15 is 0 Å². The number of nitrogens with zero attached hydrogens (tertiary/aromatic N) is 3. The van der Waals surface area contributed by atoms with E-state index in [-0.39, 0.29) is 17.7 Å². The third-order valence-electron chi connectivity index (χ3n) is 7.64. The summed E-state index contributed by atoms with van der Waals surface area (Å²) >= 11 is 0. The van der Waals surface area contributed by atoms with Gasteiger partial charge in [-0.15, -0.1) is 0 Å². The van der Waals surface area contributed by atoms with Crippen LogP contribution in [0.1, 0.15) is 64.1 Å². The maximum absolute atomic E-state index is 13.6. The first kappa shape index (κ1) is 28.1. The first-order valence-electron chi connectivity index (χ1n) is 14.0. The molecule has 3 aromatic carbocycles. The fourth-order valence-corrected chi connectivity index (χ4v) is 5.33. The van der Waals surface area contributed by atoms with Crippen molar-refractivity contribution in [2.24, 2.45) is 0 Å². The van der Waals surface area contributed by atoms with Gasteiger partial charge in [-0.25, -0.2) is 4.98 Å². The summed E-state index contributed by atoms with van der Waals surface area (Å²) in [4.78, 5) is 32.8. The Morgan fingerprint density at radius 3 is 2.41 bits per heavy atom. The number of methoxy groups -OCH3 is 1. The number of amides is 1. The summed E-state index contributed by atoms with van der Waals surface area (Å²) in [5.74, 6) is 0.747. The summed E-state index contributed by atoms with van der Waals surface area (Å²) in [5, 5.41) is 3.11. The number of hydrogen-bond acceptors (Lipinski definition) is 5. The predicted octanol–water partition coefficient (Wildman–Crippen LogP) is 5.91. The Hall–Kier alpha value is -4.49. The molecule has 210 valence electrons. The van der Waals surface area contributed by atoms with Crippen LogP contribution in [0.15, 0.2) is 84.8 Å². The number of aromatic nitrogens is 2. The number of ether oxygens (including phenoxy) is 1. The smallest absolute Gasteiger partial charge is 0.250 e. The van der Waals surface area contributed by atoms with Crippen LogP contribution in [0.2, 0.25) is 0 Å². The summed E-state index contributed by atoms with van der Waals surface area (Å²) in [7, 11) is 3.55. The number of carbonyl (C=O) groups is 2. The van der Waals surface area contributed by atoms with Gasteiger partial charge < -0.3 is 19.5 Å². The van der Waals surface area contributed by atoms with Gasteiger partial charge in [-0.3, -0.25) is 9.59 Å². The highest BCUT2D eigenvalue weighted by Gasteiger charge is 2.28. The normalized spacial score (nSPS) is 15.3. The van der Waals surface area contributed by atoms with E-state index in [1.54, 1.807) is 13.4 Å². The van der Waals surface area contributed by atoms with Gasteiger partial charge >= 0.3 is 0 Å². The van der Waals surface area contributed by atoms with Crippen LogP contribution in [0.5, 0.6) is 5.75 Å². The minimum atomic E-state index is -0.113. The Morgan fingerprint density at radius 1 is 1.07 bits per heavy atom. The highest BCUT2D eigenvalue weighted by atomic mass is 16.5. The highest BCUT2D eigenvalue weighted by Crippen LogP contribution is 2.31. The molecule has 1 saturated heterocycles. The molecule has 0 unspecified atom stereocenters. The summed E-state index contributed by atoms with van der Waals surface area (Å²) in [5.41, 5.74) is 6.96. The van der Waals surface area contributed by atoms with E-state index in [0.29, 0.717) is 23.4 Å². The van der Waals surface area contributed by atoms with Crippen molar-refractivity contribution in [3.8, 4) is 11.4 Å². The lowest BCUT2D eigenvalue weighted by Crippen LogP contribution is -2.38. The molecule has 1 aliphatic heterocycles.